The average Bonchev–Trinajstić information content (AvgIpc) is 3.19. The summed E-state index contributed by atoms with van der Waals surface area (Å²) in [5, 5.41) is 16.5. The molecule has 2 N–H and O–H groups in total. The van der Waals surface area contributed by atoms with Crippen molar-refractivity contribution in [3.05, 3.63) is 34.9 Å². The molecule has 3 aromatic heterocycles. The molecule has 0 aliphatic carbocycles. The van der Waals surface area contributed by atoms with Gasteiger partial charge < -0.3 is 19.4 Å². The van der Waals surface area contributed by atoms with E-state index in [1.165, 1.54) is 0 Å². The fraction of sp³-hybridized carbons (Fsp3) is 0.400. The Bertz CT molecular complexity index is 1030. The van der Waals surface area contributed by atoms with Crippen molar-refractivity contribution in [1.82, 2.24) is 15.5 Å². The molecule has 0 radical (unpaired) electrons. The van der Waals surface area contributed by atoms with E-state index in [0.29, 0.717) is 34.5 Å². The van der Waals surface area contributed by atoms with E-state index in [-0.39, 0.29) is 18.2 Å². The van der Waals surface area contributed by atoms with Crippen molar-refractivity contribution in [2.75, 3.05) is 6.54 Å². The Morgan fingerprint density at radius 1 is 1.25 bits per heavy atom. The minimum absolute atomic E-state index is 0.0509. The number of carbonyl (C=O) groups is 2. The van der Waals surface area contributed by atoms with Crippen LogP contribution in [0.3, 0.4) is 0 Å². The fourth-order valence-electron chi connectivity index (χ4n) is 3.27. The number of aliphatic carboxylic acids is 1. The van der Waals surface area contributed by atoms with Crippen LogP contribution in [0.4, 0.5) is 0 Å². The van der Waals surface area contributed by atoms with Gasteiger partial charge in [0.15, 0.2) is 0 Å². The summed E-state index contributed by atoms with van der Waals surface area (Å²) in [5.41, 5.74) is 2.44. The Hall–Kier alpha value is -3.16. The van der Waals surface area contributed by atoms with Crippen molar-refractivity contribution in [1.29, 1.82) is 0 Å². The van der Waals surface area contributed by atoms with E-state index in [1.807, 2.05) is 26.8 Å². The highest BCUT2D eigenvalue weighted by Gasteiger charge is 2.23. The summed E-state index contributed by atoms with van der Waals surface area (Å²) in [6, 6.07) is 3.50. The number of rotatable bonds is 7. The zero-order chi connectivity index (χ0) is 20.4. The molecule has 0 spiro atoms. The molecule has 0 aromatic carbocycles. The largest absolute Gasteiger partial charge is 0.481 e. The minimum atomic E-state index is -0.923. The third-order valence-corrected chi connectivity index (χ3v) is 4.67. The Kier molecular flexibility index (Phi) is 5.48. The Balaban J connectivity index is 1.99. The van der Waals surface area contributed by atoms with Crippen LogP contribution in [-0.4, -0.2) is 33.7 Å². The number of aromatic nitrogens is 2. The van der Waals surface area contributed by atoms with Crippen molar-refractivity contribution in [2.24, 2.45) is 5.92 Å². The van der Waals surface area contributed by atoms with Crippen LogP contribution in [0.15, 0.2) is 21.1 Å². The number of hydrogen-bond donors (Lipinski definition) is 2. The second kappa shape index (κ2) is 7.84. The first-order valence-corrected chi connectivity index (χ1v) is 9.17. The number of pyridine rings is 1. The van der Waals surface area contributed by atoms with E-state index in [4.69, 9.17) is 8.94 Å². The lowest BCUT2D eigenvalue weighted by atomic mass is 10.0. The van der Waals surface area contributed by atoms with Crippen LogP contribution in [0.25, 0.3) is 22.4 Å². The standard InChI is InChI=1S/C20H23N3O5/c1-5-6-13(20(25)26)9-21-18(24)15-8-16(14-7-10(2)27-12(14)4)22-19-17(15)11(3)23-28-19/h7-8,13H,5-6,9H2,1-4H3,(H,21,24)(H,25,26). The Labute approximate surface area is 161 Å². The summed E-state index contributed by atoms with van der Waals surface area (Å²) >= 11 is 0. The first-order chi connectivity index (χ1) is 13.3. The van der Waals surface area contributed by atoms with Crippen LogP contribution in [0.1, 0.15) is 47.3 Å². The Morgan fingerprint density at radius 3 is 2.61 bits per heavy atom. The molecule has 0 saturated heterocycles. The zero-order valence-corrected chi connectivity index (χ0v) is 16.3. The molecule has 0 fully saturated rings. The fourth-order valence-corrected chi connectivity index (χ4v) is 3.27. The predicted molar refractivity (Wildman–Crippen MR) is 102 cm³/mol. The molecule has 1 atom stereocenters. The van der Waals surface area contributed by atoms with Crippen LogP contribution in [0.2, 0.25) is 0 Å². The van der Waals surface area contributed by atoms with Crippen molar-refractivity contribution in [2.45, 2.75) is 40.5 Å². The summed E-state index contributed by atoms with van der Waals surface area (Å²) in [5.74, 6) is -0.527. The molecule has 3 aromatic rings. The summed E-state index contributed by atoms with van der Waals surface area (Å²) in [7, 11) is 0. The van der Waals surface area contributed by atoms with Gasteiger partial charge >= 0.3 is 5.97 Å². The number of fused-ring (bicyclic) bond motifs is 1. The Morgan fingerprint density at radius 2 is 2.00 bits per heavy atom. The smallest absolute Gasteiger partial charge is 0.308 e. The maximum Gasteiger partial charge on any atom is 0.308 e. The van der Waals surface area contributed by atoms with Gasteiger partial charge in [-0.3, -0.25) is 9.59 Å². The molecule has 28 heavy (non-hydrogen) atoms. The van der Waals surface area contributed by atoms with Crippen molar-refractivity contribution < 1.29 is 23.6 Å². The molecule has 0 aliphatic rings. The average molecular weight is 385 g/mol. The number of furan rings is 1. The third-order valence-electron chi connectivity index (χ3n) is 4.67. The van der Waals surface area contributed by atoms with Gasteiger partial charge in [0, 0.05) is 12.1 Å². The van der Waals surface area contributed by atoms with Crippen LogP contribution in [0, 0.1) is 26.7 Å². The number of carboxylic acid groups (broad SMARTS) is 1. The first kappa shape index (κ1) is 19.6. The highest BCUT2D eigenvalue weighted by atomic mass is 16.5. The molecular weight excluding hydrogens is 362 g/mol. The molecule has 3 heterocycles. The SMILES string of the molecule is CCCC(CNC(=O)c1cc(-c2cc(C)oc2C)nc2onc(C)c12)C(=O)O. The van der Waals surface area contributed by atoms with E-state index >= 15 is 0 Å². The molecule has 1 unspecified atom stereocenters. The quantitative estimate of drug-likeness (QED) is 0.637. The molecule has 1 amide bonds. The number of carbonyl (C=O) groups excluding carboxylic acids is 1. The topological polar surface area (TPSA) is 118 Å². The summed E-state index contributed by atoms with van der Waals surface area (Å²) in [6.07, 6.45) is 1.22. The lowest BCUT2D eigenvalue weighted by molar-refractivity contribution is -0.141. The summed E-state index contributed by atoms with van der Waals surface area (Å²) < 4.78 is 10.9. The highest BCUT2D eigenvalue weighted by molar-refractivity contribution is 6.07. The third kappa shape index (κ3) is 3.76. The number of nitrogens with one attached hydrogen (secondary N) is 1. The number of hydrogen-bond acceptors (Lipinski definition) is 6. The monoisotopic (exact) mass is 385 g/mol. The molecule has 0 aliphatic heterocycles. The van der Waals surface area contributed by atoms with Gasteiger partial charge in [0.1, 0.15) is 11.5 Å². The second-order valence-electron chi connectivity index (χ2n) is 6.86. The molecule has 8 heteroatoms. The number of amides is 1. The normalized spacial score (nSPS) is 12.3. The maximum absolute atomic E-state index is 12.9. The number of carboxylic acids is 1. The first-order valence-electron chi connectivity index (χ1n) is 9.17. The minimum Gasteiger partial charge on any atom is -0.481 e. The van der Waals surface area contributed by atoms with Crippen LogP contribution in [-0.2, 0) is 4.79 Å². The molecule has 8 nitrogen and oxygen atoms in total. The van der Waals surface area contributed by atoms with Crippen molar-refractivity contribution >= 4 is 23.0 Å². The van der Waals surface area contributed by atoms with Gasteiger partial charge in [0.2, 0.25) is 0 Å². The van der Waals surface area contributed by atoms with Gasteiger partial charge in [0.25, 0.3) is 11.6 Å². The van der Waals surface area contributed by atoms with Gasteiger partial charge in [-0.05, 0) is 39.3 Å². The molecule has 148 valence electrons. The summed E-state index contributed by atoms with van der Waals surface area (Å²) in [4.78, 5) is 28.7. The molecule has 0 saturated carbocycles. The van der Waals surface area contributed by atoms with E-state index in [0.717, 1.165) is 17.7 Å². The van der Waals surface area contributed by atoms with Crippen molar-refractivity contribution in [3.8, 4) is 11.3 Å². The maximum atomic E-state index is 12.9. The van der Waals surface area contributed by atoms with Crippen LogP contribution < -0.4 is 5.32 Å². The summed E-state index contributed by atoms with van der Waals surface area (Å²) in [6.45, 7) is 7.35. The number of aryl methyl sites for hydroxylation is 3. The highest BCUT2D eigenvalue weighted by Crippen LogP contribution is 2.30. The van der Waals surface area contributed by atoms with E-state index < -0.39 is 11.9 Å². The van der Waals surface area contributed by atoms with Gasteiger partial charge in [-0.2, -0.15) is 0 Å². The van der Waals surface area contributed by atoms with E-state index in [9.17, 15) is 14.7 Å². The lowest BCUT2D eigenvalue weighted by Gasteiger charge is -2.13. The van der Waals surface area contributed by atoms with Gasteiger partial charge in [-0.1, -0.05) is 18.5 Å². The van der Waals surface area contributed by atoms with E-state index in [2.05, 4.69) is 15.5 Å². The second-order valence-corrected chi connectivity index (χ2v) is 6.86. The molecule has 3 rings (SSSR count). The van der Waals surface area contributed by atoms with Gasteiger partial charge in [-0.15, -0.1) is 0 Å². The van der Waals surface area contributed by atoms with Gasteiger partial charge in [-0.25, -0.2) is 4.98 Å². The van der Waals surface area contributed by atoms with Gasteiger partial charge in [0.05, 0.1) is 28.3 Å². The predicted octanol–water partition coefficient (Wildman–Crippen LogP) is 3.64. The number of nitrogens with zero attached hydrogens (tertiary/aromatic N) is 2. The zero-order valence-electron chi connectivity index (χ0n) is 16.3. The molecular formula is C20H23N3O5. The van der Waals surface area contributed by atoms with E-state index in [1.54, 1.807) is 13.0 Å². The molecule has 0 bridgehead atoms. The van der Waals surface area contributed by atoms with Crippen LogP contribution in [0.5, 0.6) is 0 Å². The lowest BCUT2D eigenvalue weighted by Crippen LogP contribution is -2.33. The van der Waals surface area contributed by atoms with Crippen LogP contribution >= 0.6 is 0 Å². The van der Waals surface area contributed by atoms with Crippen molar-refractivity contribution in [3.63, 3.8) is 0 Å².